The lowest BCUT2D eigenvalue weighted by Gasteiger charge is -2.06. The molecule has 78 valence electrons. The number of hydrogen-bond donors (Lipinski definition) is 1. The van der Waals surface area contributed by atoms with Gasteiger partial charge in [0.25, 0.3) is 0 Å². The highest BCUT2D eigenvalue weighted by Crippen LogP contribution is 2.23. The minimum atomic E-state index is 0.414. The van der Waals surface area contributed by atoms with Crippen molar-refractivity contribution in [2.45, 2.75) is 6.42 Å². The highest BCUT2D eigenvalue weighted by Gasteiger charge is 2.02. The number of anilines is 1. The van der Waals surface area contributed by atoms with Crippen molar-refractivity contribution in [1.29, 1.82) is 0 Å². The minimum absolute atomic E-state index is 0.414. The van der Waals surface area contributed by atoms with Gasteiger partial charge in [-0.05, 0) is 6.07 Å². The van der Waals surface area contributed by atoms with Crippen LogP contribution in [0, 0.1) is 0 Å². The Morgan fingerprint density at radius 2 is 2.29 bits per heavy atom. The Labute approximate surface area is 88.0 Å². The van der Waals surface area contributed by atoms with Crippen LogP contribution in [-0.4, -0.2) is 25.3 Å². The third-order valence-electron chi connectivity index (χ3n) is 1.56. The predicted octanol–water partition coefficient (Wildman–Crippen LogP) is 1.73. The van der Waals surface area contributed by atoms with E-state index in [1.165, 1.54) is 6.20 Å². The molecule has 1 aromatic rings. The molecule has 2 N–H and O–H groups in total. The molecular weight excluding hydrogens is 204 g/mol. The molecule has 0 unspecified atom stereocenters. The lowest BCUT2D eigenvalue weighted by atomic mass is 10.4. The average Bonchev–Trinajstić information content (AvgIpc) is 2.15. The lowest BCUT2D eigenvalue weighted by molar-refractivity contribution is 0.170. The second-order valence-electron chi connectivity index (χ2n) is 2.75. The molecule has 1 heterocycles. The maximum absolute atomic E-state index is 5.84. The van der Waals surface area contributed by atoms with Gasteiger partial charge < -0.3 is 15.2 Å². The summed E-state index contributed by atoms with van der Waals surface area (Å²) in [5, 5.41) is 0.433. The van der Waals surface area contributed by atoms with E-state index < -0.39 is 0 Å². The zero-order chi connectivity index (χ0) is 10.4. The summed E-state index contributed by atoms with van der Waals surface area (Å²) in [5.41, 5.74) is 6.01. The third kappa shape index (κ3) is 3.40. The number of ether oxygens (including phenoxy) is 2. The number of pyridine rings is 1. The van der Waals surface area contributed by atoms with Crippen LogP contribution < -0.4 is 10.5 Å². The van der Waals surface area contributed by atoms with Gasteiger partial charge in [0.2, 0.25) is 5.88 Å². The molecule has 0 saturated heterocycles. The van der Waals surface area contributed by atoms with E-state index in [2.05, 4.69) is 4.98 Å². The second-order valence-corrected chi connectivity index (χ2v) is 3.16. The molecule has 4 nitrogen and oxygen atoms in total. The van der Waals surface area contributed by atoms with Gasteiger partial charge in [0.15, 0.2) is 0 Å². The highest BCUT2D eigenvalue weighted by atomic mass is 35.5. The van der Waals surface area contributed by atoms with Crippen molar-refractivity contribution in [3.8, 4) is 5.88 Å². The van der Waals surface area contributed by atoms with E-state index in [0.717, 1.165) is 6.42 Å². The molecular formula is C9H13ClN2O2. The van der Waals surface area contributed by atoms with Crippen molar-refractivity contribution >= 4 is 17.3 Å². The summed E-state index contributed by atoms with van der Waals surface area (Å²) in [6, 6.07) is 1.61. The molecule has 0 bridgehead atoms. The monoisotopic (exact) mass is 216 g/mol. The topological polar surface area (TPSA) is 57.4 Å². The van der Waals surface area contributed by atoms with Crippen molar-refractivity contribution in [3.05, 3.63) is 17.3 Å². The number of nitrogens with zero attached hydrogens (tertiary/aromatic N) is 1. The largest absolute Gasteiger partial charge is 0.477 e. The second kappa shape index (κ2) is 5.67. The standard InChI is InChI=1S/C9H13ClN2O2/c1-13-3-2-4-14-9-8(10)5-7(11)6-12-9/h5-6H,2-4,11H2,1H3. The van der Waals surface area contributed by atoms with Crippen LogP contribution in [0.15, 0.2) is 12.3 Å². The smallest absolute Gasteiger partial charge is 0.232 e. The first kappa shape index (κ1) is 11.1. The van der Waals surface area contributed by atoms with Crippen LogP contribution in [0.3, 0.4) is 0 Å². The summed E-state index contributed by atoms with van der Waals surface area (Å²) in [4.78, 5) is 3.96. The molecule has 1 aromatic heterocycles. The zero-order valence-corrected chi connectivity index (χ0v) is 8.75. The summed E-state index contributed by atoms with van der Waals surface area (Å²) >= 11 is 5.84. The summed E-state index contributed by atoms with van der Waals surface area (Å²) in [6.45, 7) is 1.19. The third-order valence-corrected chi connectivity index (χ3v) is 1.83. The molecule has 0 atom stereocenters. The van der Waals surface area contributed by atoms with E-state index >= 15 is 0 Å². The molecule has 0 saturated carbocycles. The number of nitrogens with two attached hydrogens (primary N) is 1. The number of methoxy groups -OCH3 is 1. The fraction of sp³-hybridized carbons (Fsp3) is 0.444. The van der Waals surface area contributed by atoms with Crippen LogP contribution in [0.4, 0.5) is 5.69 Å². The van der Waals surface area contributed by atoms with Crippen molar-refractivity contribution in [1.82, 2.24) is 4.98 Å². The molecule has 1 rings (SSSR count). The normalized spacial score (nSPS) is 10.1. The Bertz CT molecular complexity index is 294. The predicted molar refractivity (Wildman–Crippen MR) is 55.6 cm³/mol. The van der Waals surface area contributed by atoms with Gasteiger partial charge in [-0.1, -0.05) is 11.6 Å². The molecule has 0 amide bonds. The van der Waals surface area contributed by atoms with Gasteiger partial charge in [0, 0.05) is 20.1 Å². The summed E-state index contributed by atoms with van der Waals surface area (Å²) in [6.07, 6.45) is 2.32. The van der Waals surface area contributed by atoms with E-state index in [0.29, 0.717) is 29.8 Å². The van der Waals surface area contributed by atoms with Crippen LogP contribution in [-0.2, 0) is 4.74 Å². The number of hydrogen-bond acceptors (Lipinski definition) is 4. The van der Waals surface area contributed by atoms with Crippen molar-refractivity contribution in [3.63, 3.8) is 0 Å². The van der Waals surface area contributed by atoms with Crippen LogP contribution >= 0.6 is 11.6 Å². The molecule has 0 radical (unpaired) electrons. The Morgan fingerprint density at radius 1 is 1.50 bits per heavy atom. The van der Waals surface area contributed by atoms with Gasteiger partial charge in [-0.25, -0.2) is 4.98 Å². The molecule has 0 aromatic carbocycles. The Kier molecular flexibility index (Phi) is 4.49. The van der Waals surface area contributed by atoms with Crippen molar-refractivity contribution < 1.29 is 9.47 Å². The van der Waals surface area contributed by atoms with Crippen molar-refractivity contribution in [2.75, 3.05) is 26.1 Å². The number of halogens is 1. The van der Waals surface area contributed by atoms with E-state index in [1.807, 2.05) is 0 Å². The van der Waals surface area contributed by atoms with E-state index in [1.54, 1.807) is 13.2 Å². The number of rotatable bonds is 5. The maximum Gasteiger partial charge on any atom is 0.232 e. The highest BCUT2D eigenvalue weighted by molar-refractivity contribution is 6.32. The van der Waals surface area contributed by atoms with Crippen LogP contribution in [0.2, 0.25) is 5.02 Å². The van der Waals surface area contributed by atoms with E-state index in [-0.39, 0.29) is 0 Å². The fourth-order valence-corrected chi connectivity index (χ4v) is 1.15. The molecule has 0 spiro atoms. The van der Waals surface area contributed by atoms with Gasteiger partial charge in [-0.2, -0.15) is 0 Å². The van der Waals surface area contributed by atoms with Crippen LogP contribution in [0.25, 0.3) is 0 Å². The van der Waals surface area contributed by atoms with Crippen LogP contribution in [0.5, 0.6) is 5.88 Å². The van der Waals surface area contributed by atoms with Crippen LogP contribution in [0.1, 0.15) is 6.42 Å². The maximum atomic E-state index is 5.84. The first-order valence-corrected chi connectivity index (χ1v) is 4.64. The van der Waals surface area contributed by atoms with Gasteiger partial charge in [-0.15, -0.1) is 0 Å². The first-order chi connectivity index (χ1) is 6.74. The quantitative estimate of drug-likeness (QED) is 0.762. The summed E-state index contributed by atoms with van der Waals surface area (Å²) in [5.74, 6) is 0.414. The summed E-state index contributed by atoms with van der Waals surface area (Å²) in [7, 11) is 1.65. The van der Waals surface area contributed by atoms with Gasteiger partial charge in [-0.3, -0.25) is 0 Å². The minimum Gasteiger partial charge on any atom is -0.477 e. The number of aromatic nitrogens is 1. The molecule has 14 heavy (non-hydrogen) atoms. The Hall–Kier alpha value is -1.00. The summed E-state index contributed by atoms with van der Waals surface area (Å²) < 4.78 is 10.2. The van der Waals surface area contributed by atoms with E-state index in [9.17, 15) is 0 Å². The molecule has 0 aliphatic carbocycles. The van der Waals surface area contributed by atoms with Gasteiger partial charge in [0.1, 0.15) is 5.02 Å². The van der Waals surface area contributed by atoms with Crippen molar-refractivity contribution in [2.24, 2.45) is 0 Å². The average molecular weight is 217 g/mol. The molecule has 0 aliphatic heterocycles. The molecule has 0 aliphatic rings. The SMILES string of the molecule is COCCCOc1ncc(N)cc1Cl. The fourth-order valence-electron chi connectivity index (χ4n) is 0.918. The Balaban J connectivity index is 2.42. The van der Waals surface area contributed by atoms with Gasteiger partial charge >= 0.3 is 0 Å². The number of nitrogen functional groups attached to an aromatic ring is 1. The van der Waals surface area contributed by atoms with Gasteiger partial charge in [0.05, 0.1) is 18.5 Å². The van der Waals surface area contributed by atoms with E-state index in [4.69, 9.17) is 26.8 Å². The molecule has 5 heteroatoms. The zero-order valence-electron chi connectivity index (χ0n) is 8.00. The Morgan fingerprint density at radius 3 is 2.93 bits per heavy atom. The first-order valence-electron chi connectivity index (χ1n) is 4.27. The lowest BCUT2D eigenvalue weighted by Crippen LogP contribution is -2.03. The molecule has 0 fully saturated rings.